The summed E-state index contributed by atoms with van der Waals surface area (Å²) in [4.78, 5) is 0. The average molecular weight is 446 g/mol. The Morgan fingerprint density at radius 3 is 1.53 bits per heavy atom. The van der Waals surface area contributed by atoms with Gasteiger partial charge in [-0.2, -0.15) is 0 Å². The Morgan fingerprint density at radius 2 is 1.16 bits per heavy atom. The summed E-state index contributed by atoms with van der Waals surface area (Å²) in [5.41, 5.74) is 18.8. The molecule has 8 heteroatoms. The summed E-state index contributed by atoms with van der Waals surface area (Å²) >= 11 is 0. The van der Waals surface area contributed by atoms with Crippen molar-refractivity contribution in [3.05, 3.63) is 65.7 Å². The normalized spacial score (nSPS) is 9.16. The molecule has 32 heavy (non-hydrogen) atoms. The topological polar surface area (TPSA) is 168 Å². The highest BCUT2D eigenvalue weighted by atomic mass is 16.5. The molecule has 8 nitrogen and oxygen atoms in total. The Balaban J connectivity index is 0.000000425. The lowest BCUT2D eigenvalue weighted by Gasteiger charge is -2.01. The number of aryl methyl sites for hydroxylation is 1. The molecule has 0 aliphatic heterocycles. The van der Waals surface area contributed by atoms with Crippen LogP contribution in [0.3, 0.4) is 0 Å². The minimum atomic E-state index is -0.0756. The number of anilines is 3. The summed E-state index contributed by atoms with van der Waals surface area (Å²) < 4.78 is 4.83. The Hall–Kier alpha value is -3.78. The number of hydrogen-bond donors (Lipinski definition) is 7. The predicted octanol–water partition coefficient (Wildman–Crippen LogP) is 4.15. The van der Waals surface area contributed by atoms with Crippen molar-refractivity contribution in [2.24, 2.45) is 0 Å². The van der Waals surface area contributed by atoms with E-state index in [4.69, 9.17) is 42.4 Å². The van der Waals surface area contributed by atoms with E-state index in [0.717, 1.165) is 5.56 Å². The van der Waals surface area contributed by atoms with Crippen molar-refractivity contribution in [1.29, 1.82) is 0 Å². The largest absolute Gasteiger partial charge is 0.506 e. The predicted molar refractivity (Wildman–Crippen MR) is 131 cm³/mol. The highest BCUT2D eigenvalue weighted by Crippen LogP contribution is 2.24. The molecule has 176 valence electrons. The smallest absolute Gasteiger partial charge is 0.142 e. The number of rotatable bonds is 2. The van der Waals surface area contributed by atoms with Crippen LogP contribution in [0.4, 0.5) is 17.1 Å². The van der Waals surface area contributed by atoms with Gasteiger partial charge in [0.15, 0.2) is 0 Å². The number of nitrogens with two attached hydrogens (primary N) is 3. The van der Waals surface area contributed by atoms with Gasteiger partial charge in [0.2, 0.25) is 0 Å². The van der Waals surface area contributed by atoms with Gasteiger partial charge in [0.1, 0.15) is 23.0 Å². The monoisotopic (exact) mass is 445 g/mol. The van der Waals surface area contributed by atoms with Crippen LogP contribution < -0.4 is 21.9 Å². The molecule has 0 unspecified atom stereocenters. The number of aliphatic hydroxyl groups is 1. The standard InChI is InChI=1S/2C7H9NO2.C7H9NO.C3H8/c1-10-5-2-3-6(8)7(9)4-5;8-6-2-1-5(4-9)3-7(6)10;1-5-2-3-6(8)7(9)4-5;1-3-2/h2-4,9H,8H2,1H3;1-3,9-10H,4,8H2;2-4,9H,8H2,1H3;3H2,1-2H3. The van der Waals surface area contributed by atoms with E-state index < -0.39 is 0 Å². The third-order valence-electron chi connectivity index (χ3n) is 3.70. The van der Waals surface area contributed by atoms with E-state index in [1.165, 1.54) is 25.7 Å². The van der Waals surface area contributed by atoms with Crippen molar-refractivity contribution in [3.63, 3.8) is 0 Å². The number of aliphatic hydroxyl groups excluding tert-OH is 1. The van der Waals surface area contributed by atoms with E-state index in [0.29, 0.717) is 28.4 Å². The van der Waals surface area contributed by atoms with Crippen LogP contribution in [0.15, 0.2) is 54.6 Å². The van der Waals surface area contributed by atoms with Crippen molar-refractivity contribution >= 4 is 17.1 Å². The Morgan fingerprint density at radius 1 is 0.719 bits per heavy atom. The molecule has 0 amide bonds. The first-order valence-corrected chi connectivity index (χ1v) is 9.95. The number of aromatic hydroxyl groups is 3. The van der Waals surface area contributed by atoms with Crippen molar-refractivity contribution in [1.82, 2.24) is 0 Å². The van der Waals surface area contributed by atoms with Gasteiger partial charge in [-0.1, -0.05) is 32.4 Å². The first kappa shape index (κ1) is 28.2. The van der Waals surface area contributed by atoms with E-state index in [1.54, 1.807) is 36.4 Å². The maximum atomic E-state index is 9.03. The second-order valence-corrected chi connectivity index (χ2v) is 6.75. The van der Waals surface area contributed by atoms with Crippen LogP contribution in [-0.2, 0) is 6.61 Å². The molecule has 0 saturated carbocycles. The lowest BCUT2D eigenvalue weighted by atomic mass is 10.2. The second kappa shape index (κ2) is 15.1. The van der Waals surface area contributed by atoms with Gasteiger partial charge in [0.25, 0.3) is 0 Å². The van der Waals surface area contributed by atoms with Gasteiger partial charge in [-0.15, -0.1) is 0 Å². The fourth-order valence-electron chi connectivity index (χ4n) is 1.99. The number of hydrogen-bond acceptors (Lipinski definition) is 8. The maximum Gasteiger partial charge on any atom is 0.142 e. The number of phenols is 3. The van der Waals surface area contributed by atoms with Crippen LogP contribution in [0, 0.1) is 6.92 Å². The molecule has 10 N–H and O–H groups in total. The van der Waals surface area contributed by atoms with E-state index in [-0.39, 0.29) is 23.9 Å². The molecule has 0 bridgehead atoms. The van der Waals surface area contributed by atoms with Crippen LogP contribution >= 0.6 is 0 Å². The maximum absolute atomic E-state index is 9.03. The zero-order valence-electron chi connectivity index (χ0n) is 19.0. The minimum Gasteiger partial charge on any atom is -0.506 e. The molecule has 0 spiro atoms. The highest BCUT2D eigenvalue weighted by Gasteiger charge is 1.97. The zero-order valence-corrected chi connectivity index (χ0v) is 19.0. The number of methoxy groups -OCH3 is 1. The number of nitrogen functional groups attached to an aromatic ring is 3. The second-order valence-electron chi connectivity index (χ2n) is 6.75. The molecule has 0 saturated heterocycles. The van der Waals surface area contributed by atoms with Gasteiger partial charge < -0.3 is 42.4 Å². The van der Waals surface area contributed by atoms with Crippen LogP contribution in [0.2, 0.25) is 0 Å². The molecule has 0 aliphatic rings. The minimum absolute atomic E-state index is 0.0200. The van der Waals surface area contributed by atoms with Gasteiger partial charge in [0.05, 0.1) is 30.8 Å². The Kier molecular flexibility index (Phi) is 13.3. The summed E-state index contributed by atoms with van der Waals surface area (Å²) in [7, 11) is 1.53. The molecule has 0 aliphatic carbocycles. The summed E-state index contributed by atoms with van der Waals surface area (Å²) in [6, 6.07) is 14.6. The van der Waals surface area contributed by atoms with E-state index >= 15 is 0 Å². The van der Waals surface area contributed by atoms with Crippen molar-refractivity contribution in [3.8, 4) is 23.0 Å². The van der Waals surface area contributed by atoms with Gasteiger partial charge >= 0.3 is 0 Å². The van der Waals surface area contributed by atoms with Gasteiger partial charge in [0, 0.05) is 6.07 Å². The quantitative estimate of drug-likeness (QED) is 0.228. The molecule has 0 aromatic heterocycles. The summed E-state index contributed by atoms with van der Waals surface area (Å²) in [5, 5.41) is 35.6. The van der Waals surface area contributed by atoms with Crippen molar-refractivity contribution in [2.45, 2.75) is 33.8 Å². The van der Waals surface area contributed by atoms with Crippen molar-refractivity contribution < 1.29 is 25.2 Å². The lowest BCUT2D eigenvalue weighted by Crippen LogP contribution is -1.87. The van der Waals surface area contributed by atoms with E-state index in [1.807, 2.05) is 13.0 Å². The first-order chi connectivity index (χ1) is 15.1. The molecule has 0 radical (unpaired) electrons. The fourth-order valence-corrected chi connectivity index (χ4v) is 1.99. The van der Waals surface area contributed by atoms with Crippen LogP contribution in [0.25, 0.3) is 0 Å². The molecule has 3 aromatic rings. The Bertz CT molecular complexity index is 897. The van der Waals surface area contributed by atoms with E-state index in [9.17, 15) is 0 Å². The molecule has 3 rings (SSSR count). The first-order valence-electron chi connectivity index (χ1n) is 9.95. The molecule has 0 fully saturated rings. The SMILES string of the molecule is CCC.COc1ccc(N)c(O)c1.Cc1ccc(N)c(O)c1.Nc1ccc(CO)cc1O. The van der Waals surface area contributed by atoms with Crippen LogP contribution in [0.1, 0.15) is 31.4 Å². The molecule has 0 atom stereocenters. The van der Waals surface area contributed by atoms with Gasteiger partial charge in [-0.3, -0.25) is 0 Å². The molecular formula is C24H35N3O5. The number of benzene rings is 3. The van der Waals surface area contributed by atoms with Gasteiger partial charge in [-0.25, -0.2) is 0 Å². The van der Waals surface area contributed by atoms with Crippen LogP contribution in [0.5, 0.6) is 23.0 Å². The highest BCUT2D eigenvalue weighted by molar-refractivity contribution is 5.55. The molecule has 3 aromatic carbocycles. The molecular weight excluding hydrogens is 410 g/mol. The number of ether oxygens (including phenoxy) is 1. The third kappa shape index (κ3) is 10.8. The van der Waals surface area contributed by atoms with Crippen molar-refractivity contribution in [2.75, 3.05) is 24.3 Å². The summed E-state index contributed by atoms with van der Waals surface area (Å²) in [6.45, 7) is 6.08. The summed E-state index contributed by atoms with van der Waals surface area (Å²) in [5.74, 6) is 0.840. The van der Waals surface area contributed by atoms with E-state index in [2.05, 4.69) is 13.8 Å². The van der Waals surface area contributed by atoms with Crippen LogP contribution in [-0.4, -0.2) is 27.5 Å². The average Bonchev–Trinajstić information content (AvgIpc) is 2.76. The fraction of sp³-hybridized carbons (Fsp3) is 0.250. The molecule has 0 heterocycles. The zero-order chi connectivity index (χ0) is 24.7. The third-order valence-corrected chi connectivity index (χ3v) is 3.70. The Labute approximate surface area is 189 Å². The lowest BCUT2D eigenvalue weighted by molar-refractivity contribution is 0.281. The van der Waals surface area contributed by atoms with Gasteiger partial charge in [-0.05, 0) is 54.4 Å². The summed E-state index contributed by atoms with van der Waals surface area (Å²) in [6.07, 6.45) is 1.25. The number of phenolic OH excluding ortho intramolecular Hbond substituents is 3.